The van der Waals surface area contributed by atoms with Crippen LogP contribution in [0.4, 0.5) is 0 Å². The standard InChI is InChI=1S/C17H15N5OS/c1-17(2,10-19)13-5-4-11(9-20-13)14-12(8-18)15(23)22-6-3-7-24-16(22)21-14/h4-5,9H,3,6-7H2,1-2H3. The molecule has 120 valence electrons. The van der Waals surface area contributed by atoms with Crippen LogP contribution < -0.4 is 5.56 Å². The number of nitriles is 2. The van der Waals surface area contributed by atoms with Gasteiger partial charge in [0.2, 0.25) is 0 Å². The summed E-state index contributed by atoms with van der Waals surface area (Å²) in [6.07, 6.45) is 2.46. The minimum atomic E-state index is -0.699. The summed E-state index contributed by atoms with van der Waals surface area (Å²) in [7, 11) is 0. The molecule has 0 saturated carbocycles. The molecule has 0 radical (unpaired) electrons. The lowest BCUT2D eigenvalue weighted by atomic mass is 9.90. The molecule has 0 aromatic carbocycles. The molecule has 1 aliphatic rings. The van der Waals surface area contributed by atoms with Crippen molar-refractivity contribution in [3.8, 4) is 23.4 Å². The molecule has 0 unspecified atom stereocenters. The van der Waals surface area contributed by atoms with Crippen LogP contribution in [0.3, 0.4) is 0 Å². The lowest BCUT2D eigenvalue weighted by molar-refractivity contribution is 0.562. The summed E-state index contributed by atoms with van der Waals surface area (Å²) in [4.78, 5) is 21.4. The fourth-order valence-electron chi connectivity index (χ4n) is 2.50. The maximum absolute atomic E-state index is 12.5. The van der Waals surface area contributed by atoms with E-state index >= 15 is 0 Å². The van der Waals surface area contributed by atoms with Crippen LogP contribution in [-0.2, 0) is 12.0 Å². The normalized spacial score (nSPS) is 13.7. The van der Waals surface area contributed by atoms with E-state index in [1.807, 2.05) is 6.07 Å². The van der Waals surface area contributed by atoms with Crippen molar-refractivity contribution in [1.29, 1.82) is 10.5 Å². The van der Waals surface area contributed by atoms with Gasteiger partial charge < -0.3 is 0 Å². The minimum Gasteiger partial charge on any atom is -0.286 e. The number of hydrogen-bond acceptors (Lipinski definition) is 6. The first-order valence-electron chi connectivity index (χ1n) is 7.54. The second-order valence-electron chi connectivity index (χ2n) is 6.06. The minimum absolute atomic E-state index is 0.0374. The molecule has 7 heteroatoms. The molecule has 0 atom stereocenters. The summed E-state index contributed by atoms with van der Waals surface area (Å²) < 4.78 is 1.57. The van der Waals surface area contributed by atoms with Crippen LogP contribution in [0.15, 0.2) is 28.3 Å². The maximum Gasteiger partial charge on any atom is 0.272 e. The highest BCUT2D eigenvalue weighted by atomic mass is 32.2. The summed E-state index contributed by atoms with van der Waals surface area (Å²) in [5, 5.41) is 19.2. The van der Waals surface area contributed by atoms with Crippen molar-refractivity contribution in [1.82, 2.24) is 14.5 Å². The predicted octanol–water partition coefficient (Wildman–Crippen LogP) is 2.47. The number of rotatable bonds is 2. The molecule has 2 aromatic heterocycles. The lowest BCUT2D eigenvalue weighted by Gasteiger charge is -2.18. The molecule has 0 spiro atoms. The average molecular weight is 337 g/mol. The topological polar surface area (TPSA) is 95.4 Å². The van der Waals surface area contributed by atoms with Crippen LogP contribution in [0.2, 0.25) is 0 Å². The molecule has 3 heterocycles. The van der Waals surface area contributed by atoms with E-state index in [-0.39, 0.29) is 11.1 Å². The quantitative estimate of drug-likeness (QED) is 0.781. The molecular formula is C17H15N5OS. The van der Waals surface area contributed by atoms with Gasteiger partial charge in [0.25, 0.3) is 5.56 Å². The Morgan fingerprint density at radius 3 is 2.75 bits per heavy atom. The first-order valence-corrected chi connectivity index (χ1v) is 8.52. The van der Waals surface area contributed by atoms with Crippen molar-refractivity contribution < 1.29 is 0 Å². The zero-order valence-electron chi connectivity index (χ0n) is 13.4. The Kier molecular flexibility index (Phi) is 4.13. The molecular weight excluding hydrogens is 322 g/mol. The smallest absolute Gasteiger partial charge is 0.272 e. The van der Waals surface area contributed by atoms with E-state index in [1.54, 1.807) is 36.7 Å². The van der Waals surface area contributed by atoms with E-state index in [9.17, 15) is 15.3 Å². The van der Waals surface area contributed by atoms with E-state index in [2.05, 4.69) is 16.0 Å². The van der Waals surface area contributed by atoms with Gasteiger partial charge in [0, 0.05) is 24.1 Å². The Balaban J connectivity index is 2.14. The molecule has 0 amide bonds. The van der Waals surface area contributed by atoms with E-state index < -0.39 is 5.41 Å². The highest BCUT2D eigenvalue weighted by molar-refractivity contribution is 7.99. The second kappa shape index (κ2) is 6.10. The van der Waals surface area contributed by atoms with Crippen molar-refractivity contribution in [3.05, 3.63) is 39.9 Å². The molecule has 0 bridgehead atoms. The van der Waals surface area contributed by atoms with Crippen LogP contribution in [0.5, 0.6) is 0 Å². The van der Waals surface area contributed by atoms with Crippen molar-refractivity contribution in [3.63, 3.8) is 0 Å². The van der Waals surface area contributed by atoms with Crippen LogP contribution in [-0.4, -0.2) is 20.3 Å². The summed E-state index contributed by atoms with van der Waals surface area (Å²) in [6, 6.07) is 7.69. The van der Waals surface area contributed by atoms with Crippen molar-refractivity contribution in [2.45, 2.75) is 37.4 Å². The average Bonchev–Trinajstić information content (AvgIpc) is 2.62. The van der Waals surface area contributed by atoms with Crippen LogP contribution in [0.1, 0.15) is 31.5 Å². The monoisotopic (exact) mass is 337 g/mol. The Morgan fingerprint density at radius 1 is 1.33 bits per heavy atom. The third-order valence-electron chi connectivity index (χ3n) is 3.96. The van der Waals surface area contributed by atoms with E-state index in [0.29, 0.717) is 28.7 Å². The fourth-order valence-corrected chi connectivity index (χ4v) is 3.44. The fraction of sp³-hybridized carbons (Fsp3) is 0.353. The molecule has 3 rings (SSSR count). The van der Waals surface area contributed by atoms with Gasteiger partial charge in [-0.1, -0.05) is 11.8 Å². The zero-order chi connectivity index (χ0) is 17.3. The zero-order valence-corrected chi connectivity index (χ0v) is 14.2. The highest BCUT2D eigenvalue weighted by Crippen LogP contribution is 2.27. The number of fused-ring (bicyclic) bond motifs is 1. The van der Waals surface area contributed by atoms with Gasteiger partial charge in [0.1, 0.15) is 11.6 Å². The first kappa shape index (κ1) is 16.2. The molecule has 0 fully saturated rings. The molecule has 1 aliphatic heterocycles. The number of aromatic nitrogens is 3. The first-order chi connectivity index (χ1) is 11.5. The number of nitrogens with zero attached hydrogens (tertiary/aromatic N) is 5. The Hall–Kier alpha value is -2.64. The highest BCUT2D eigenvalue weighted by Gasteiger charge is 2.23. The third kappa shape index (κ3) is 2.68. The predicted molar refractivity (Wildman–Crippen MR) is 90.4 cm³/mol. The van der Waals surface area contributed by atoms with Gasteiger partial charge in [0.05, 0.1) is 22.9 Å². The number of hydrogen-bond donors (Lipinski definition) is 0. The summed E-state index contributed by atoms with van der Waals surface area (Å²) in [6.45, 7) is 4.17. The molecule has 24 heavy (non-hydrogen) atoms. The molecule has 0 N–H and O–H groups in total. The second-order valence-corrected chi connectivity index (χ2v) is 7.12. The van der Waals surface area contributed by atoms with Crippen LogP contribution in [0.25, 0.3) is 11.3 Å². The number of thioether (sulfide) groups is 1. The summed E-state index contributed by atoms with van der Waals surface area (Å²) >= 11 is 1.52. The van der Waals surface area contributed by atoms with Gasteiger partial charge in [-0.3, -0.25) is 14.3 Å². The maximum atomic E-state index is 12.5. The van der Waals surface area contributed by atoms with Crippen molar-refractivity contribution in [2.75, 3.05) is 5.75 Å². The van der Waals surface area contributed by atoms with Gasteiger partial charge in [0.15, 0.2) is 5.16 Å². The van der Waals surface area contributed by atoms with Crippen molar-refractivity contribution in [2.24, 2.45) is 0 Å². The molecule has 0 aliphatic carbocycles. The van der Waals surface area contributed by atoms with Gasteiger partial charge in [-0.15, -0.1) is 0 Å². The Bertz CT molecular complexity index is 932. The molecule has 2 aromatic rings. The van der Waals surface area contributed by atoms with Gasteiger partial charge in [-0.2, -0.15) is 10.5 Å². The Labute approximate surface area is 143 Å². The van der Waals surface area contributed by atoms with E-state index in [0.717, 1.165) is 12.2 Å². The number of pyridine rings is 1. The summed E-state index contributed by atoms with van der Waals surface area (Å²) in [5.74, 6) is 0.908. The van der Waals surface area contributed by atoms with Gasteiger partial charge in [-0.25, -0.2) is 4.98 Å². The van der Waals surface area contributed by atoms with E-state index in [1.165, 1.54) is 11.8 Å². The third-order valence-corrected chi connectivity index (χ3v) is 5.02. The van der Waals surface area contributed by atoms with Crippen LogP contribution >= 0.6 is 11.8 Å². The molecule has 0 saturated heterocycles. The van der Waals surface area contributed by atoms with Crippen molar-refractivity contribution >= 4 is 11.8 Å². The van der Waals surface area contributed by atoms with Gasteiger partial charge in [-0.05, 0) is 32.4 Å². The van der Waals surface area contributed by atoms with Gasteiger partial charge >= 0.3 is 0 Å². The summed E-state index contributed by atoms with van der Waals surface area (Å²) in [5.41, 5.74) is 0.639. The SMILES string of the molecule is CC(C)(C#N)c1ccc(-c2nc3n(c(=O)c2C#N)CCCS3)cn1. The van der Waals surface area contributed by atoms with Crippen LogP contribution in [0, 0.1) is 22.7 Å². The Morgan fingerprint density at radius 2 is 2.12 bits per heavy atom. The van der Waals surface area contributed by atoms with E-state index in [4.69, 9.17) is 0 Å². The largest absolute Gasteiger partial charge is 0.286 e. The lowest BCUT2D eigenvalue weighted by Crippen LogP contribution is -2.29. The molecule has 6 nitrogen and oxygen atoms in total.